The number of anilines is 1. The monoisotopic (exact) mass is 471 g/mol. The number of aromatic nitrogens is 4. The molecule has 0 atom stereocenters. The smallest absolute Gasteiger partial charge is 0.284 e. The first-order chi connectivity index (χ1) is 16.7. The molecule has 7 heteroatoms. The molecule has 0 unspecified atom stereocenters. The number of thioether (sulfide) groups is 1. The first kappa shape index (κ1) is 22.5. The molecule has 5 rings (SSSR count). The van der Waals surface area contributed by atoms with Crippen LogP contribution in [0.4, 0.5) is 10.6 Å². The quantitative estimate of drug-likeness (QED) is 0.325. The van der Waals surface area contributed by atoms with Gasteiger partial charge < -0.3 is 0 Å². The van der Waals surface area contributed by atoms with Crippen molar-refractivity contribution in [2.24, 2.45) is 0 Å². The number of amides is 1. The summed E-state index contributed by atoms with van der Waals surface area (Å²) in [4.78, 5) is 12.1. The third kappa shape index (κ3) is 4.40. The van der Waals surface area contributed by atoms with E-state index in [2.05, 4.69) is 70.6 Å². The van der Waals surface area contributed by atoms with Crippen molar-refractivity contribution < 1.29 is 4.79 Å². The summed E-state index contributed by atoms with van der Waals surface area (Å²) in [6.45, 7) is 5.81. The summed E-state index contributed by atoms with van der Waals surface area (Å²) in [5.74, 6) is 1.32. The Morgan fingerprint density at radius 1 is 1.00 bits per heavy atom. The molecule has 1 amide bonds. The van der Waals surface area contributed by atoms with E-state index in [9.17, 15) is 4.79 Å². The van der Waals surface area contributed by atoms with E-state index in [1.165, 1.54) is 39.7 Å². The van der Waals surface area contributed by atoms with Gasteiger partial charge in [0.25, 0.3) is 5.24 Å². The highest BCUT2D eigenvalue weighted by molar-refractivity contribution is 8.13. The van der Waals surface area contributed by atoms with E-state index in [1.807, 2.05) is 23.7 Å². The lowest BCUT2D eigenvalue weighted by Gasteiger charge is -2.15. The molecule has 6 nitrogen and oxygen atoms in total. The van der Waals surface area contributed by atoms with Crippen molar-refractivity contribution in [2.75, 3.05) is 11.1 Å². The van der Waals surface area contributed by atoms with Gasteiger partial charge in [0.1, 0.15) is 5.69 Å². The van der Waals surface area contributed by atoms with E-state index < -0.39 is 0 Å². The van der Waals surface area contributed by atoms with Crippen LogP contribution in [0.25, 0.3) is 33.8 Å². The van der Waals surface area contributed by atoms with Gasteiger partial charge in [0, 0.05) is 30.3 Å². The maximum atomic E-state index is 12.1. The summed E-state index contributed by atoms with van der Waals surface area (Å²) in [5, 5.41) is 12.5. The summed E-state index contributed by atoms with van der Waals surface area (Å²) in [7, 11) is 0. The molecule has 1 aliphatic rings. The summed E-state index contributed by atoms with van der Waals surface area (Å²) < 4.78 is 4.14. The van der Waals surface area contributed by atoms with E-state index in [0.29, 0.717) is 5.82 Å². The molecule has 0 bridgehead atoms. The van der Waals surface area contributed by atoms with Crippen LogP contribution < -0.4 is 5.32 Å². The van der Waals surface area contributed by atoms with Crippen molar-refractivity contribution in [3.8, 4) is 33.8 Å². The number of carbonyl (C=O) groups excluding carboxylic acids is 1. The van der Waals surface area contributed by atoms with Gasteiger partial charge in [-0.15, -0.1) is 0 Å². The number of nitrogens with one attached hydrogen (secondary N) is 1. The SMILES string of the molecule is CCCCn1nc2c(c1-c1cccc(-c3ccccc3)c1)CCn1nc(NC(=O)SCC)cc1-2. The zero-order chi connectivity index (χ0) is 23.5. The Balaban J connectivity index is 1.57. The lowest BCUT2D eigenvalue weighted by Crippen LogP contribution is -2.12. The molecule has 3 heterocycles. The highest BCUT2D eigenvalue weighted by Crippen LogP contribution is 2.38. The number of carbonyl (C=O) groups is 1. The number of rotatable bonds is 7. The number of nitrogens with zero attached hydrogens (tertiary/aromatic N) is 4. The second-order valence-electron chi connectivity index (χ2n) is 8.43. The fourth-order valence-electron chi connectivity index (χ4n) is 4.54. The van der Waals surface area contributed by atoms with Crippen LogP contribution in [0.15, 0.2) is 60.7 Å². The summed E-state index contributed by atoms with van der Waals surface area (Å²) >= 11 is 1.25. The van der Waals surface area contributed by atoms with Gasteiger partial charge >= 0.3 is 0 Å². The lowest BCUT2D eigenvalue weighted by molar-refractivity contribution is 0.269. The number of hydrogen-bond donors (Lipinski definition) is 1. The third-order valence-corrected chi connectivity index (χ3v) is 6.77. The minimum atomic E-state index is -0.0786. The van der Waals surface area contributed by atoms with Crippen LogP contribution in [0.1, 0.15) is 32.3 Å². The molecule has 2 aromatic carbocycles. The second kappa shape index (κ2) is 9.89. The van der Waals surface area contributed by atoms with Crippen molar-refractivity contribution in [3.05, 3.63) is 66.2 Å². The van der Waals surface area contributed by atoms with Gasteiger partial charge in [-0.25, -0.2) is 0 Å². The van der Waals surface area contributed by atoms with E-state index in [-0.39, 0.29) is 5.24 Å². The van der Waals surface area contributed by atoms with Crippen molar-refractivity contribution in [1.82, 2.24) is 19.6 Å². The molecule has 174 valence electrons. The maximum Gasteiger partial charge on any atom is 0.284 e. The molecule has 0 spiro atoms. The zero-order valence-electron chi connectivity index (χ0n) is 19.6. The Bertz CT molecular complexity index is 1310. The Morgan fingerprint density at radius 3 is 2.59 bits per heavy atom. The normalized spacial score (nSPS) is 12.3. The van der Waals surface area contributed by atoms with Gasteiger partial charge in [-0.1, -0.05) is 80.6 Å². The van der Waals surface area contributed by atoms with Crippen LogP contribution in [0.3, 0.4) is 0 Å². The predicted molar refractivity (Wildman–Crippen MR) is 140 cm³/mol. The zero-order valence-corrected chi connectivity index (χ0v) is 20.4. The van der Waals surface area contributed by atoms with E-state index >= 15 is 0 Å². The van der Waals surface area contributed by atoms with Crippen molar-refractivity contribution >= 4 is 22.8 Å². The molecule has 34 heavy (non-hydrogen) atoms. The Hall–Kier alpha value is -3.32. The lowest BCUT2D eigenvalue weighted by atomic mass is 9.96. The number of fused-ring (bicyclic) bond motifs is 3. The van der Waals surface area contributed by atoms with E-state index in [1.54, 1.807) is 0 Å². The van der Waals surface area contributed by atoms with Crippen LogP contribution in [-0.4, -0.2) is 30.6 Å². The molecule has 0 fully saturated rings. The number of unbranched alkanes of at least 4 members (excludes halogenated alkanes) is 1. The van der Waals surface area contributed by atoms with Crippen LogP contribution in [0, 0.1) is 0 Å². The van der Waals surface area contributed by atoms with Gasteiger partial charge in [-0.05, 0) is 35.8 Å². The summed E-state index contributed by atoms with van der Waals surface area (Å²) in [6, 6.07) is 21.2. The van der Waals surface area contributed by atoms with Crippen LogP contribution in [0.2, 0.25) is 0 Å². The first-order valence-corrected chi connectivity index (χ1v) is 12.9. The Kier molecular flexibility index (Phi) is 6.54. The molecule has 0 saturated carbocycles. The molecule has 0 aliphatic carbocycles. The number of hydrogen-bond acceptors (Lipinski definition) is 4. The molecule has 1 N–H and O–H groups in total. The molecule has 0 saturated heterocycles. The maximum absolute atomic E-state index is 12.1. The third-order valence-electron chi connectivity index (χ3n) is 6.12. The molecule has 0 radical (unpaired) electrons. The number of aryl methyl sites for hydroxylation is 2. The van der Waals surface area contributed by atoms with E-state index in [4.69, 9.17) is 5.10 Å². The summed E-state index contributed by atoms with van der Waals surface area (Å²) in [6.07, 6.45) is 3.04. The minimum Gasteiger partial charge on any atom is -0.300 e. The molecular formula is C27H29N5OS. The van der Waals surface area contributed by atoms with Gasteiger partial charge in [0.2, 0.25) is 0 Å². The van der Waals surface area contributed by atoms with Gasteiger partial charge in [0.05, 0.1) is 11.4 Å². The Morgan fingerprint density at radius 2 is 1.79 bits per heavy atom. The topological polar surface area (TPSA) is 64.7 Å². The van der Waals surface area contributed by atoms with Gasteiger partial charge in [-0.3, -0.25) is 19.5 Å². The predicted octanol–water partition coefficient (Wildman–Crippen LogP) is 6.72. The van der Waals surface area contributed by atoms with Crippen LogP contribution in [0.5, 0.6) is 0 Å². The Labute approximate surface area is 204 Å². The van der Waals surface area contributed by atoms with Crippen molar-refractivity contribution in [3.63, 3.8) is 0 Å². The fourth-order valence-corrected chi connectivity index (χ4v) is 4.98. The average molecular weight is 472 g/mol. The van der Waals surface area contributed by atoms with E-state index in [0.717, 1.165) is 49.5 Å². The van der Waals surface area contributed by atoms with Crippen LogP contribution >= 0.6 is 11.8 Å². The summed E-state index contributed by atoms with van der Waals surface area (Å²) in [5.41, 5.74) is 7.99. The largest absolute Gasteiger partial charge is 0.300 e. The molecule has 1 aliphatic heterocycles. The second-order valence-corrected chi connectivity index (χ2v) is 9.67. The highest BCUT2D eigenvalue weighted by atomic mass is 32.2. The van der Waals surface area contributed by atoms with Crippen molar-refractivity contribution in [1.29, 1.82) is 0 Å². The molecular weight excluding hydrogens is 442 g/mol. The van der Waals surface area contributed by atoms with Gasteiger partial charge in [-0.2, -0.15) is 10.2 Å². The number of benzene rings is 2. The van der Waals surface area contributed by atoms with Gasteiger partial charge in [0.15, 0.2) is 5.82 Å². The highest BCUT2D eigenvalue weighted by Gasteiger charge is 2.27. The standard InChI is InChI=1S/C27H29N5OS/c1-3-5-15-32-26(21-13-9-12-20(17-21)19-10-7-6-8-11-19)22-14-16-31-23(25(22)30-32)18-24(29-31)28-27(33)34-4-2/h6-13,17-18H,3-5,14-16H2,1-2H3,(H,28,29,33). The minimum absolute atomic E-state index is 0.0786. The molecule has 2 aromatic heterocycles. The van der Waals surface area contributed by atoms with Crippen molar-refractivity contribution in [2.45, 2.75) is 46.2 Å². The van der Waals surface area contributed by atoms with Crippen LogP contribution in [-0.2, 0) is 19.5 Å². The fraction of sp³-hybridized carbons (Fsp3) is 0.296. The average Bonchev–Trinajstić information content (AvgIpc) is 3.44. The molecule has 4 aromatic rings. The first-order valence-electron chi connectivity index (χ1n) is 12.0.